The van der Waals surface area contributed by atoms with Gasteiger partial charge < -0.3 is 9.64 Å². The normalized spacial score (nSPS) is 17.2. The standard InChI is InChI=1S/C15H14ClF6NO2/c1-2-25-12(24)13(6-16)7-23(8-13)11-4-9(14(17,18)19)3-10(5-11)15(20,21)22/h3-5H,2,6-8H2,1H3. The van der Waals surface area contributed by atoms with E-state index in [4.69, 9.17) is 16.3 Å². The molecule has 1 fully saturated rings. The van der Waals surface area contributed by atoms with Crippen molar-refractivity contribution >= 4 is 23.3 Å². The van der Waals surface area contributed by atoms with Gasteiger partial charge in [-0.15, -0.1) is 11.6 Å². The van der Waals surface area contributed by atoms with Gasteiger partial charge in [-0.05, 0) is 25.1 Å². The summed E-state index contributed by atoms with van der Waals surface area (Å²) in [5.74, 6) is -0.766. The molecule has 1 heterocycles. The first-order valence-corrected chi connectivity index (χ1v) is 7.74. The van der Waals surface area contributed by atoms with Crippen LogP contribution in [0.5, 0.6) is 0 Å². The largest absolute Gasteiger partial charge is 0.465 e. The maximum atomic E-state index is 12.9. The summed E-state index contributed by atoms with van der Waals surface area (Å²) >= 11 is 5.76. The highest BCUT2D eigenvalue weighted by atomic mass is 35.5. The van der Waals surface area contributed by atoms with Crippen LogP contribution in [0.1, 0.15) is 18.1 Å². The Morgan fingerprint density at radius 3 is 1.96 bits per heavy atom. The number of esters is 1. The molecule has 2 rings (SSSR count). The van der Waals surface area contributed by atoms with Gasteiger partial charge in [-0.25, -0.2) is 0 Å². The van der Waals surface area contributed by atoms with Crippen LogP contribution in [0.4, 0.5) is 32.0 Å². The zero-order valence-electron chi connectivity index (χ0n) is 13.0. The maximum Gasteiger partial charge on any atom is 0.416 e. The number of hydrogen-bond acceptors (Lipinski definition) is 3. The van der Waals surface area contributed by atoms with Gasteiger partial charge in [0.25, 0.3) is 0 Å². The van der Waals surface area contributed by atoms with Crippen LogP contribution in [0.15, 0.2) is 18.2 Å². The SMILES string of the molecule is CCOC(=O)C1(CCl)CN(c2cc(C(F)(F)F)cc(C(F)(F)F)c2)C1. The molecule has 0 aliphatic carbocycles. The lowest BCUT2D eigenvalue weighted by Crippen LogP contribution is -2.62. The van der Waals surface area contributed by atoms with Gasteiger partial charge in [-0.3, -0.25) is 4.79 Å². The number of anilines is 1. The average molecular weight is 390 g/mol. The summed E-state index contributed by atoms with van der Waals surface area (Å²) in [5.41, 5.74) is -4.22. The minimum atomic E-state index is -4.93. The van der Waals surface area contributed by atoms with E-state index in [0.29, 0.717) is 12.1 Å². The summed E-state index contributed by atoms with van der Waals surface area (Å²) in [5, 5.41) is 0. The fourth-order valence-electron chi connectivity index (χ4n) is 2.54. The minimum absolute atomic E-state index is 0.0590. The third-order valence-corrected chi connectivity index (χ3v) is 4.40. The van der Waals surface area contributed by atoms with Crippen molar-refractivity contribution < 1.29 is 35.9 Å². The van der Waals surface area contributed by atoms with Crippen molar-refractivity contribution in [1.82, 2.24) is 0 Å². The van der Waals surface area contributed by atoms with Gasteiger partial charge in [0.15, 0.2) is 0 Å². The van der Waals surface area contributed by atoms with E-state index in [-0.39, 0.29) is 37.3 Å². The molecule has 0 saturated carbocycles. The second kappa shape index (κ2) is 6.59. The fraction of sp³-hybridized carbons (Fsp3) is 0.533. The Labute approximate surface area is 144 Å². The highest BCUT2D eigenvalue weighted by Gasteiger charge is 2.50. The molecule has 0 radical (unpaired) electrons. The number of nitrogens with zero attached hydrogens (tertiary/aromatic N) is 1. The topological polar surface area (TPSA) is 29.5 Å². The molecule has 0 aromatic heterocycles. The Morgan fingerprint density at radius 2 is 1.60 bits per heavy atom. The summed E-state index contributed by atoms with van der Waals surface area (Å²) in [6, 6.07) is 1.31. The van der Waals surface area contributed by atoms with Crippen molar-refractivity contribution in [2.24, 2.45) is 5.41 Å². The van der Waals surface area contributed by atoms with Crippen LogP contribution in [0.3, 0.4) is 0 Å². The number of halogens is 7. The molecule has 1 aliphatic heterocycles. The second-order valence-electron chi connectivity index (χ2n) is 5.75. The molecule has 1 aromatic carbocycles. The summed E-state index contributed by atoms with van der Waals surface area (Å²) in [4.78, 5) is 13.2. The van der Waals surface area contributed by atoms with Gasteiger partial charge >= 0.3 is 18.3 Å². The molecule has 0 bridgehead atoms. The predicted molar refractivity (Wildman–Crippen MR) is 78.4 cm³/mol. The Balaban J connectivity index is 2.33. The van der Waals surface area contributed by atoms with E-state index in [1.54, 1.807) is 6.92 Å². The summed E-state index contributed by atoms with van der Waals surface area (Å²) in [6.07, 6.45) is -9.85. The lowest BCUT2D eigenvalue weighted by molar-refractivity contribution is -0.155. The Hall–Kier alpha value is -1.64. The highest BCUT2D eigenvalue weighted by molar-refractivity contribution is 6.20. The molecular formula is C15H14ClF6NO2. The van der Waals surface area contributed by atoms with Gasteiger partial charge in [0.2, 0.25) is 0 Å². The quantitative estimate of drug-likeness (QED) is 0.436. The van der Waals surface area contributed by atoms with Crippen molar-refractivity contribution in [3.05, 3.63) is 29.3 Å². The van der Waals surface area contributed by atoms with Crippen LogP contribution in [-0.4, -0.2) is 31.5 Å². The third-order valence-electron chi connectivity index (χ3n) is 3.89. The lowest BCUT2D eigenvalue weighted by atomic mass is 9.81. The van der Waals surface area contributed by atoms with Gasteiger partial charge in [-0.1, -0.05) is 0 Å². The van der Waals surface area contributed by atoms with Crippen molar-refractivity contribution in [3.8, 4) is 0 Å². The number of carbonyl (C=O) groups excluding carboxylic acids is 1. The molecule has 25 heavy (non-hydrogen) atoms. The number of hydrogen-bond donors (Lipinski definition) is 0. The van der Waals surface area contributed by atoms with Crippen molar-refractivity contribution in [2.45, 2.75) is 19.3 Å². The number of benzene rings is 1. The number of rotatable bonds is 4. The number of ether oxygens (including phenoxy) is 1. The average Bonchev–Trinajstić information content (AvgIpc) is 2.45. The smallest absolute Gasteiger partial charge is 0.416 e. The monoisotopic (exact) mass is 389 g/mol. The van der Waals surface area contributed by atoms with Crippen LogP contribution >= 0.6 is 11.6 Å². The molecule has 140 valence electrons. The van der Waals surface area contributed by atoms with Gasteiger partial charge in [0.1, 0.15) is 5.41 Å². The van der Waals surface area contributed by atoms with Gasteiger partial charge in [0.05, 0.1) is 17.7 Å². The molecule has 1 aliphatic rings. The molecular weight excluding hydrogens is 376 g/mol. The van der Waals surface area contributed by atoms with E-state index in [9.17, 15) is 31.1 Å². The molecule has 0 unspecified atom stereocenters. The van der Waals surface area contributed by atoms with Crippen molar-refractivity contribution in [1.29, 1.82) is 0 Å². The van der Waals surface area contributed by atoms with E-state index < -0.39 is 34.9 Å². The van der Waals surface area contributed by atoms with Crippen molar-refractivity contribution in [3.63, 3.8) is 0 Å². The maximum absolute atomic E-state index is 12.9. The Morgan fingerprint density at radius 1 is 1.12 bits per heavy atom. The molecule has 0 atom stereocenters. The first-order valence-electron chi connectivity index (χ1n) is 7.20. The zero-order chi connectivity index (χ0) is 19.0. The fourth-order valence-corrected chi connectivity index (χ4v) is 2.82. The van der Waals surface area contributed by atoms with E-state index in [0.717, 1.165) is 0 Å². The van der Waals surface area contributed by atoms with E-state index in [1.165, 1.54) is 4.90 Å². The number of carbonyl (C=O) groups is 1. The molecule has 10 heteroatoms. The van der Waals surface area contributed by atoms with E-state index in [2.05, 4.69) is 0 Å². The molecule has 3 nitrogen and oxygen atoms in total. The third kappa shape index (κ3) is 3.96. The summed E-state index contributed by atoms with van der Waals surface area (Å²) in [6.45, 7) is 1.44. The zero-order valence-corrected chi connectivity index (χ0v) is 13.7. The van der Waals surface area contributed by atoms with E-state index in [1.807, 2.05) is 0 Å². The van der Waals surface area contributed by atoms with Crippen LogP contribution in [0, 0.1) is 5.41 Å². The molecule has 1 aromatic rings. The van der Waals surface area contributed by atoms with Gasteiger partial charge in [0, 0.05) is 24.7 Å². The Bertz CT molecular complexity index is 620. The van der Waals surface area contributed by atoms with Gasteiger partial charge in [-0.2, -0.15) is 26.3 Å². The van der Waals surface area contributed by atoms with Crippen molar-refractivity contribution in [2.75, 3.05) is 30.5 Å². The molecule has 0 N–H and O–H groups in total. The van der Waals surface area contributed by atoms with Crippen LogP contribution in [0.25, 0.3) is 0 Å². The number of alkyl halides is 7. The predicted octanol–water partition coefficient (Wildman–Crippen LogP) is 4.33. The lowest BCUT2D eigenvalue weighted by Gasteiger charge is -2.48. The first kappa shape index (κ1) is 19.7. The van der Waals surface area contributed by atoms with Crippen LogP contribution < -0.4 is 4.90 Å². The summed E-state index contributed by atoms with van der Waals surface area (Å²) in [7, 11) is 0. The highest BCUT2D eigenvalue weighted by Crippen LogP contribution is 2.42. The molecule has 0 spiro atoms. The molecule has 0 amide bonds. The van der Waals surface area contributed by atoms with Crippen LogP contribution in [0.2, 0.25) is 0 Å². The van der Waals surface area contributed by atoms with E-state index >= 15 is 0 Å². The second-order valence-corrected chi connectivity index (χ2v) is 6.02. The molecule has 1 saturated heterocycles. The Kier molecular flexibility index (Phi) is 5.18. The minimum Gasteiger partial charge on any atom is -0.465 e. The summed E-state index contributed by atoms with van der Waals surface area (Å²) < 4.78 is 82.2. The first-order chi connectivity index (χ1) is 11.4. The van der Waals surface area contributed by atoms with Crippen LogP contribution in [-0.2, 0) is 21.9 Å².